The lowest BCUT2D eigenvalue weighted by Gasteiger charge is -2.32. The van der Waals surface area contributed by atoms with Gasteiger partial charge in [-0.1, -0.05) is 6.08 Å². The first-order valence-electron chi connectivity index (χ1n) is 3.83. The van der Waals surface area contributed by atoms with E-state index in [2.05, 4.69) is 10.1 Å². The number of hydrogen-bond donors (Lipinski definition) is 1. The molecule has 0 spiro atoms. The minimum atomic E-state index is -0.377. The van der Waals surface area contributed by atoms with Crippen LogP contribution in [0, 0.1) is 5.92 Å². The van der Waals surface area contributed by atoms with E-state index in [1.807, 2.05) is 0 Å². The predicted octanol–water partition coefficient (Wildman–Crippen LogP) is -0.396. The topological polar surface area (TPSA) is 55.4 Å². The van der Waals surface area contributed by atoms with E-state index in [1.165, 1.54) is 7.11 Å². The second kappa shape index (κ2) is 2.33. The molecule has 1 aliphatic carbocycles. The molecule has 12 heavy (non-hydrogen) atoms. The van der Waals surface area contributed by atoms with Crippen LogP contribution in [-0.4, -0.2) is 25.0 Å². The van der Waals surface area contributed by atoms with Crippen molar-refractivity contribution in [2.24, 2.45) is 5.92 Å². The number of ether oxygens (including phenoxy) is 1. The summed E-state index contributed by atoms with van der Waals surface area (Å²) in [5.74, 6) is -0.677. The molecule has 1 saturated heterocycles. The third-order valence-electron chi connectivity index (χ3n) is 2.36. The molecule has 1 N–H and O–H groups in total. The van der Waals surface area contributed by atoms with Crippen molar-refractivity contribution in [1.29, 1.82) is 0 Å². The normalized spacial score (nSPS) is 31.4. The molecule has 1 aliphatic heterocycles. The number of carbonyl (C=O) groups is 2. The maximum atomic E-state index is 11.1. The Kier molecular flexibility index (Phi) is 1.43. The highest BCUT2D eigenvalue weighted by atomic mass is 16.5. The first-order valence-corrected chi connectivity index (χ1v) is 3.83. The van der Waals surface area contributed by atoms with E-state index < -0.39 is 0 Å². The van der Waals surface area contributed by atoms with Gasteiger partial charge in [0.1, 0.15) is 0 Å². The van der Waals surface area contributed by atoms with Crippen molar-refractivity contribution in [3.63, 3.8) is 0 Å². The number of hydrogen-bond acceptors (Lipinski definition) is 3. The third kappa shape index (κ3) is 0.776. The molecule has 1 heterocycles. The van der Waals surface area contributed by atoms with Crippen LogP contribution < -0.4 is 5.32 Å². The second-order valence-corrected chi connectivity index (χ2v) is 2.98. The predicted molar refractivity (Wildman–Crippen MR) is 40.1 cm³/mol. The van der Waals surface area contributed by atoms with Gasteiger partial charge in [0.15, 0.2) is 0 Å². The van der Waals surface area contributed by atoms with Gasteiger partial charge in [0, 0.05) is 11.6 Å². The standard InChI is InChI=1S/C8H9NO3/c1-12-8(11)4-2-3-5-6(4)7(10)9-5/h2,5-6H,3H2,1H3,(H,9,10). The number of nitrogens with one attached hydrogen (secondary N) is 1. The van der Waals surface area contributed by atoms with E-state index in [-0.39, 0.29) is 23.8 Å². The van der Waals surface area contributed by atoms with Crippen molar-refractivity contribution >= 4 is 11.9 Å². The van der Waals surface area contributed by atoms with E-state index >= 15 is 0 Å². The zero-order chi connectivity index (χ0) is 8.72. The largest absolute Gasteiger partial charge is 0.466 e. The molecule has 0 aromatic carbocycles. The zero-order valence-corrected chi connectivity index (χ0v) is 6.66. The van der Waals surface area contributed by atoms with Crippen LogP contribution >= 0.6 is 0 Å². The van der Waals surface area contributed by atoms with Gasteiger partial charge in [-0.2, -0.15) is 0 Å². The Morgan fingerprint density at radius 2 is 2.50 bits per heavy atom. The Morgan fingerprint density at radius 3 is 3.08 bits per heavy atom. The molecule has 1 fully saturated rings. The fourth-order valence-electron chi connectivity index (χ4n) is 1.70. The lowest BCUT2D eigenvalue weighted by Crippen LogP contribution is -2.56. The quantitative estimate of drug-likeness (QED) is 0.427. The van der Waals surface area contributed by atoms with Crippen LogP contribution in [-0.2, 0) is 14.3 Å². The van der Waals surface area contributed by atoms with Crippen molar-refractivity contribution in [1.82, 2.24) is 5.32 Å². The summed E-state index contributed by atoms with van der Waals surface area (Å²) in [6.45, 7) is 0. The molecule has 2 aliphatic rings. The molecule has 0 aromatic rings. The van der Waals surface area contributed by atoms with E-state index in [0.717, 1.165) is 6.42 Å². The summed E-state index contributed by atoms with van der Waals surface area (Å²) in [5, 5.41) is 2.71. The zero-order valence-electron chi connectivity index (χ0n) is 6.66. The van der Waals surface area contributed by atoms with Gasteiger partial charge in [0.25, 0.3) is 0 Å². The summed E-state index contributed by atoms with van der Waals surface area (Å²) >= 11 is 0. The number of carbonyl (C=O) groups excluding carboxylic acids is 2. The lowest BCUT2D eigenvalue weighted by molar-refractivity contribution is -0.141. The summed E-state index contributed by atoms with van der Waals surface area (Å²) in [6, 6.07) is 0.145. The van der Waals surface area contributed by atoms with E-state index in [1.54, 1.807) is 6.08 Å². The molecule has 4 nitrogen and oxygen atoms in total. The second-order valence-electron chi connectivity index (χ2n) is 2.98. The van der Waals surface area contributed by atoms with Gasteiger partial charge in [-0.3, -0.25) is 4.79 Å². The van der Waals surface area contributed by atoms with Gasteiger partial charge >= 0.3 is 5.97 Å². The highest BCUT2D eigenvalue weighted by Gasteiger charge is 2.47. The van der Waals surface area contributed by atoms with Crippen LogP contribution in [0.5, 0.6) is 0 Å². The molecule has 2 rings (SSSR count). The molecular weight excluding hydrogens is 158 g/mol. The fourth-order valence-corrected chi connectivity index (χ4v) is 1.70. The van der Waals surface area contributed by atoms with Gasteiger partial charge in [0.2, 0.25) is 5.91 Å². The SMILES string of the molecule is COC(=O)C1=CCC2NC(=O)C12. The minimum Gasteiger partial charge on any atom is -0.466 e. The van der Waals surface area contributed by atoms with Crippen LogP contribution in [0.1, 0.15) is 6.42 Å². The van der Waals surface area contributed by atoms with Crippen LogP contribution in [0.4, 0.5) is 0 Å². The smallest absolute Gasteiger partial charge is 0.334 e. The van der Waals surface area contributed by atoms with Crippen molar-refractivity contribution in [2.45, 2.75) is 12.5 Å². The van der Waals surface area contributed by atoms with Crippen molar-refractivity contribution < 1.29 is 14.3 Å². The minimum absolute atomic E-state index is 0.0610. The average molecular weight is 167 g/mol. The molecule has 0 radical (unpaired) electrons. The molecular formula is C8H9NO3. The third-order valence-corrected chi connectivity index (χ3v) is 2.36. The number of rotatable bonds is 1. The van der Waals surface area contributed by atoms with Crippen molar-refractivity contribution in [3.05, 3.63) is 11.6 Å². The van der Waals surface area contributed by atoms with Gasteiger partial charge in [-0.15, -0.1) is 0 Å². The Labute approximate surface area is 69.6 Å². The van der Waals surface area contributed by atoms with Gasteiger partial charge in [-0.05, 0) is 6.42 Å². The lowest BCUT2D eigenvalue weighted by atomic mass is 9.89. The highest BCUT2D eigenvalue weighted by molar-refractivity contribution is 6.01. The van der Waals surface area contributed by atoms with Crippen molar-refractivity contribution in [2.75, 3.05) is 7.11 Å². The number of fused-ring (bicyclic) bond motifs is 1. The highest BCUT2D eigenvalue weighted by Crippen LogP contribution is 2.33. The first kappa shape index (κ1) is 7.34. The monoisotopic (exact) mass is 167 g/mol. The summed E-state index contributed by atoms with van der Waals surface area (Å²) < 4.78 is 4.55. The van der Waals surface area contributed by atoms with Crippen LogP contribution in [0.15, 0.2) is 11.6 Å². The maximum Gasteiger partial charge on any atom is 0.334 e. The first-order chi connectivity index (χ1) is 5.74. The van der Waals surface area contributed by atoms with Crippen LogP contribution in [0.3, 0.4) is 0 Å². The molecule has 1 amide bonds. The molecule has 64 valence electrons. The molecule has 0 bridgehead atoms. The van der Waals surface area contributed by atoms with Crippen LogP contribution in [0.2, 0.25) is 0 Å². The summed E-state index contributed by atoms with van der Waals surface area (Å²) in [5.41, 5.74) is 0.520. The molecule has 4 heteroatoms. The van der Waals surface area contributed by atoms with E-state index in [9.17, 15) is 9.59 Å². The molecule has 0 saturated carbocycles. The Balaban J connectivity index is 2.17. The van der Waals surface area contributed by atoms with Gasteiger partial charge in [0.05, 0.1) is 13.0 Å². The fraction of sp³-hybridized carbons (Fsp3) is 0.500. The molecule has 0 aromatic heterocycles. The summed E-state index contributed by atoms with van der Waals surface area (Å²) in [4.78, 5) is 22.1. The van der Waals surface area contributed by atoms with Gasteiger partial charge in [-0.25, -0.2) is 4.79 Å². The average Bonchev–Trinajstić information content (AvgIpc) is 2.40. The van der Waals surface area contributed by atoms with Gasteiger partial charge < -0.3 is 10.1 Å². The van der Waals surface area contributed by atoms with E-state index in [4.69, 9.17) is 0 Å². The number of methoxy groups -OCH3 is 1. The number of esters is 1. The number of β-lactam (4-membered cyclic amide) rings is 1. The molecule has 2 atom stereocenters. The van der Waals surface area contributed by atoms with Crippen LogP contribution in [0.25, 0.3) is 0 Å². The Morgan fingerprint density at radius 1 is 1.75 bits per heavy atom. The number of amides is 1. The molecule has 2 unspecified atom stereocenters. The Hall–Kier alpha value is -1.32. The van der Waals surface area contributed by atoms with E-state index in [0.29, 0.717) is 5.57 Å². The maximum absolute atomic E-state index is 11.1. The summed E-state index contributed by atoms with van der Waals surface area (Å²) in [7, 11) is 1.33. The van der Waals surface area contributed by atoms with Crippen molar-refractivity contribution in [3.8, 4) is 0 Å². The summed E-state index contributed by atoms with van der Waals surface area (Å²) in [6.07, 6.45) is 2.53. The Bertz CT molecular complexity index is 282.